The lowest BCUT2D eigenvalue weighted by molar-refractivity contribution is 0.388. The van der Waals surface area contributed by atoms with Gasteiger partial charge in [0.15, 0.2) is 0 Å². The zero-order chi connectivity index (χ0) is 8.69. The molecule has 0 aromatic rings. The second-order valence-electron chi connectivity index (χ2n) is 3.01. The molecule has 0 aromatic carbocycles. The van der Waals surface area contributed by atoms with Crippen LogP contribution in [0.25, 0.3) is 0 Å². The maximum absolute atomic E-state index is 4.50. The predicted octanol–water partition coefficient (Wildman–Crippen LogP) is 1.82. The highest BCUT2D eigenvalue weighted by Crippen LogP contribution is 2.00. The van der Waals surface area contributed by atoms with Gasteiger partial charge in [-0.2, -0.15) is 0 Å². The molecule has 0 spiro atoms. The van der Waals surface area contributed by atoms with Gasteiger partial charge in [-0.25, -0.2) is 4.99 Å². The summed E-state index contributed by atoms with van der Waals surface area (Å²) in [5, 5.41) is 2.40. The summed E-state index contributed by atoms with van der Waals surface area (Å²) in [5.41, 5.74) is 0. The van der Waals surface area contributed by atoms with Crippen molar-refractivity contribution in [2.24, 2.45) is 4.99 Å². The largest absolute Gasteiger partial charge is 0.309 e. The van der Waals surface area contributed by atoms with Crippen LogP contribution in [-0.2, 0) is 0 Å². The van der Waals surface area contributed by atoms with Gasteiger partial charge in [-0.15, -0.1) is 0 Å². The van der Waals surface area contributed by atoms with Crippen LogP contribution in [0.5, 0.6) is 0 Å². The lowest BCUT2D eigenvalue weighted by atomic mass is 10.2. The van der Waals surface area contributed by atoms with Crippen molar-refractivity contribution in [1.82, 2.24) is 4.90 Å². The van der Waals surface area contributed by atoms with Crippen LogP contribution in [0, 0.1) is 0 Å². The highest BCUT2D eigenvalue weighted by atomic mass is 32.1. The molecule has 0 saturated carbocycles. The van der Waals surface area contributed by atoms with Gasteiger partial charge in [-0.05, 0) is 52.6 Å². The molecule has 64 valence electrons. The molecule has 2 nitrogen and oxygen atoms in total. The van der Waals surface area contributed by atoms with Crippen LogP contribution in [0.2, 0.25) is 0 Å². The summed E-state index contributed by atoms with van der Waals surface area (Å²) in [6.45, 7) is 3.19. The van der Waals surface area contributed by atoms with Crippen molar-refractivity contribution in [3.05, 3.63) is 0 Å². The Bertz CT molecular complexity index is 139. The van der Waals surface area contributed by atoms with E-state index in [1.807, 2.05) is 0 Å². The summed E-state index contributed by atoms with van der Waals surface area (Å²) in [7, 11) is 4.15. The molecule has 0 bridgehead atoms. The fourth-order valence-electron chi connectivity index (χ4n) is 0.857. The molecule has 1 atom stereocenters. The molecular weight excluding hydrogens is 156 g/mol. The highest BCUT2D eigenvalue weighted by Gasteiger charge is 1.97. The Kier molecular flexibility index (Phi) is 6.33. The summed E-state index contributed by atoms with van der Waals surface area (Å²) >= 11 is 4.50. The van der Waals surface area contributed by atoms with Gasteiger partial charge in [-0.1, -0.05) is 0 Å². The maximum atomic E-state index is 4.50. The van der Waals surface area contributed by atoms with E-state index >= 15 is 0 Å². The average Bonchev–Trinajstić information content (AvgIpc) is 1.87. The summed E-state index contributed by atoms with van der Waals surface area (Å²) < 4.78 is 0. The maximum Gasteiger partial charge on any atom is 0.0587 e. The number of hydrogen-bond acceptors (Lipinski definition) is 3. The van der Waals surface area contributed by atoms with Crippen LogP contribution in [0.4, 0.5) is 0 Å². The van der Waals surface area contributed by atoms with Gasteiger partial charge in [0.1, 0.15) is 0 Å². The van der Waals surface area contributed by atoms with Crippen LogP contribution in [0.3, 0.4) is 0 Å². The van der Waals surface area contributed by atoms with Crippen molar-refractivity contribution in [2.75, 3.05) is 20.6 Å². The van der Waals surface area contributed by atoms with E-state index in [1.165, 1.54) is 6.42 Å². The van der Waals surface area contributed by atoms with Gasteiger partial charge in [-0.3, -0.25) is 0 Å². The fourth-order valence-corrected chi connectivity index (χ4v) is 1.04. The SMILES string of the molecule is C[C@@H](CCCN(C)C)N=C=S. The molecular formula is C8H16N2S. The second-order valence-corrected chi connectivity index (χ2v) is 3.20. The minimum Gasteiger partial charge on any atom is -0.309 e. The van der Waals surface area contributed by atoms with Gasteiger partial charge in [0.05, 0.1) is 11.2 Å². The fraction of sp³-hybridized carbons (Fsp3) is 0.875. The van der Waals surface area contributed by atoms with E-state index in [-0.39, 0.29) is 0 Å². The quantitative estimate of drug-likeness (QED) is 0.464. The van der Waals surface area contributed by atoms with Gasteiger partial charge >= 0.3 is 0 Å². The van der Waals surface area contributed by atoms with Crippen molar-refractivity contribution >= 4 is 17.4 Å². The minimum atomic E-state index is 0.340. The van der Waals surface area contributed by atoms with Crippen LogP contribution >= 0.6 is 12.2 Å². The Hall–Kier alpha value is -0.240. The molecule has 0 rings (SSSR count). The van der Waals surface area contributed by atoms with Gasteiger partial charge in [0.2, 0.25) is 0 Å². The van der Waals surface area contributed by atoms with E-state index in [0.717, 1.165) is 13.0 Å². The minimum absolute atomic E-state index is 0.340. The van der Waals surface area contributed by atoms with E-state index in [0.29, 0.717) is 6.04 Å². The Morgan fingerprint density at radius 3 is 2.64 bits per heavy atom. The molecule has 0 amide bonds. The molecule has 0 saturated heterocycles. The van der Waals surface area contributed by atoms with Crippen LogP contribution < -0.4 is 0 Å². The normalized spacial score (nSPS) is 12.7. The zero-order valence-electron chi connectivity index (χ0n) is 7.50. The molecule has 0 fully saturated rings. The van der Waals surface area contributed by atoms with E-state index in [2.05, 4.69) is 48.3 Å². The highest BCUT2D eigenvalue weighted by molar-refractivity contribution is 7.78. The first kappa shape index (κ1) is 10.8. The molecule has 0 aliphatic heterocycles. The van der Waals surface area contributed by atoms with E-state index in [4.69, 9.17) is 0 Å². The summed E-state index contributed by atoms with van der Waals surface area (Å²) in [6.07, 6.45) is 2.27. The Morgan fingerprint density at radius 1 is 1.55 bits per heavy atom. The van der Waals surface area contributed by atoms with Crippen molar-refractivity contribution in [2.45, 2.75) is 25.8 Å². The number of nitrogens with zero attached hydrogens (tertiary/aromatic N) is 2. The topological polar surface area (TPSA) is 15.6 Å². The summed E-state index contributed by atoms with van der Waals surface area (Å²) in [4.78, 5) is 6.14. The Labute approximate surface area is 74.3 Å². The van der Waals surface area contributed by atoms with Crippen molar-refractivity contribution in [3.63, 3.8) is 0 Å². The van der Waals surface area contributed by atoms with E-state index in [1.54, 1.807) is 0 Å². The molecule has 0 N–H and O–H groups in total. The number of hydrogen-bond donors (Lipinski definition) is 0. The van der Waals surface area contributed by atoms with Crippen LogP contribution in [0.15, 0.2) is 4.99 Å². The lowest BCUT2D eigenvalue weighted by Gasteiger charge is -2.09. The van der Waals surface area contributed by atoms with Crippen molar-refractivity contribution in [3.8, 4) is 0 Å². The predicted molar refractivity (Wildman–Crippen MR) is 52.3 cm³/mol. The van der Waals surface area contributed by atoms with Crippen molar-refractivity contribution < 1.29 is 0 Å². The third-order valence-electron chi connectivity index (χ3n) is 1.50. The molecule has 11 heavy (non-hydrogen) atoms. The molecule has 0 heterocycles. The van der Waals surface area contributed by atoms with Crippen LogP contribution in [-0.4, -0.2) is 36.7 Å². The third-order valence-corrected chi connectivity index (χ3v) is 1.61. The molecule has 0 aromatic heterocycles. The molecule has 0 aliphatic rings. The van der Waals surface area contributed by atoms with E-state index < -0.39 is 0 Å². The van der Waals surface area contributed by atoms with Gasteiger partial charge < -0.3 is 4.90 Å². The Morgan fingerprint density at radius 2 is 2.18 bits per heavy atom. The monoisotopic (exact) mass is 172 g/mol. The third kappa shape index (κ3) is 7.66. The smallest absolute Gasteiger partial charge is 0.0587 e. The first-order valence-corrected chi connectivity index (χ1v) is 4.29. The number of isothiocyanates is 1. The number of thiocarbonyl (C=S) groups is 1. The zero-order valence-corrected chi connectivity index (χ0v) is 8.32. The first-order chi connectivity index (χ1) is 5.16. The van der Waals surface area contributed by atoms with E-state index in [9.17, 15) is 0 Å². The number of aliphatic imine (C=N–C) groups is 1. The second kappa shape index (κ2) is 6.47. The summed E-state index contributed by atoms with van der Waals surface area (Å²) in [5.74, 6) is 0. The Balaban J connectivity index is 3.31. The average molecular weight is 172 g/mol. The standard InChI is InChI=1S/C8H16N2S/c1-8(9-7-11)5-4-6-10(2)3/h8H,4-6H2,1-3H3/t8-/m0/s1. The first-order valence-electron chi connectivity index (χ1n) is 3.88. The number of rotatable bonds is 5. The van der Waals surface area contributed by atoms with Gasteiger partial charge in [0.25, 0.3) is 0 Å². The summed E-state index contributed by atoms with van der Waals surface area (Å²) in [6, 6.07) is 0.340. The lowest BCUT2D eigenvalue weighted by Crippen LogP contribution is -2.14. The van der Waals surface area contributed by atoms with Gasteiger partial charge in [0, 0.05) is 0 Å². The van der Waals surface area contributed by atoms with Crippen LogP contribution in [0.1, 0.15) is 19.8 Å². The molecule has 0 aliphatic carbocycles. The molecule has 0 radical (unpaired) electrons. The molecule has 3 heteroatoms. The molecule has 0 unspecified atom stereocenters. The van der Waals surface area contributed by atoms with Crippen molar-refractivity contribution in [1.29, 1.82) is 0 Å².